The molecule has 0 unspecified atom stereocenters. The Morgan fingerprint density at radius 1 is 0.958 bits per heavy atom. The molecule has 0 saturated carbocycles. The highest BCUT2D eigenvalue weighted by Crippen LogP contribution is 2.23. The van der Waals surface area contributed by atoms with E-state index < -0.39 is 7.12 Å². The van der Waals surface area contributed by atoms with E-state index in [9.17, 15) is 10.0 Å². The van der Waals surface area contributed by atoms with Gasteiger partial charge in [-0.05, 0) is 35.0 Å². The van der Waals surface area contributed by atoms with Gasteiger partial charge in [0.25, 0.3) is 0 Å². The lowest BCUT2D eigenvalue weighted by Gasteiger charge is -2.11. The van der Waals surface area contributed by atoms with E-state index in [1.165, 1.54) is 41.4 Å². The Morgan fingerprint density at radius 2 is 1.71 bits per heavy atom. The van der Waals surface area contributed by atoms with Gasteiger partial charge in [-0.3, -0.25) is 0 Å². The lowest BCUT2D eigenvalue weighted by molar-refractivity contribution is 0.426. The Morgan fingerprint density at radius 3 is 2.42 bits per heavy atom. The van der Waals surface area contributed by atoms with Crippen LogP contribution in [0.2, 0.25) is 0 Å². The summed E-state index contributed by atoms with van der Waals surface area (Å²) in [6.45, 7) is 3.27. The summed E-state index contributed by atoms with van der Waals surface area (Å²) in [7, 11) is -1.40. The molecule has 3 nitrogen and oxygen atoms in total. The number of unbranched alkanes of at least 4 members (excludes halogenated alkanes) is 2. The van der Waals surface area contributed by atoms with Crippen molar-refractivity contribution in [3.05, 3.63) is 65.9 Å². The van der Waals surface area contributed by atoms with Crippen molar-refractivity contribution in [2.24, 2.45) is 0 Å². The van der Waals surface area contributed by atoms with Crippen molar-refractivity contribution in [1.29, 1.82) is 0 Å². The summed E-state index contributed by atoms with van der Waals surface area (Å²) in [4.78, 5) is 0. The van der Waals surface area contributed by atoms with Crippen LogP contribution in [0.4, 0.5) is 0 Å². The number of rotatable bonds is 7. The number of para-hydroxylation sites is 1. The number of benzene rings is 2. The van der Waals surface area contributed by atoms with Crippen molar-refractivity contribution < 1.29 is 10.0 Å². The van der Waals surface area contributed by atoms with Gasteiger partial charge in [-0.2, -0.15) is 0 Å². The Labute approximate surface area is 143 Å². The highest BCUT2D eigenvalue weighted by atomic mass is 16.4. The highest BCUT2D eigenvalue weighted by molar-refractivity contribution is 6.58. The quantitative estimate of drug-likeness (QED) is 0.519. The fraction of sp³-hybridized carbons (Fsp3) is 0.300. The zero-order chi connectivity index (χ0) is 16.9. The fourth-order valence-corrected chi connectivity index (χ4v) is 3.21. The number of aryl methyl sites for hydroxylation is 1. The maximum Gasteiger partial charge on any atom is 0.488 e. The summed E-state index contributed by atoms with van der Waals surface area (Å²) < 4.78 is 2.43. The molecular weight excluding hydrogens is 297 g/mol. The van der Waals surface area contributed by atoms with Crippen molar-refractivity contribution in [2.75, 3.05) is 0 Å². The lowest BCUT2D eigenvalue weighted by atomic mass is 9.80. The molecule has 0 saturated heterocycles. The summed E-state index contributed by atoms with van der Waals surface area (Å²) in [5.41, 5.74) is 4.32. The molecule has 4 heteroatoms. The van der Waals surface area contributed by atoms with E-state index in [4.69, 9.17) is 0 Å². The van der Waals surface area contributed by atoms with Crippen LogP contribution >= 0.6 is 0 Å². The van der Waals surface area contributed by atoms with Crippen LogP contribution in [0.1, 0.15) is 37.4 Å². The van der Waals surface area contributed by atoms with Gasteiger partial charge in [0.2, 0.25) is 0 Å². The van der Waals surface area contributed by atoms with Crippen molar-refractivity contribution in [3.63, 3.8) is 0 Å². The van der Waals surface area contributed by atoms with Crippen LogP contribution in [0.15, 0.2) is 54.6 Å². The third kappa shape index (κ3) is 3.71. The Bertz CT molecular complexity index is 793. The van der Waals surface area contributed by atoms with E-state index >= 15 is 0 Å². The predicted molar refractivity (Wildman–Crippen MR) is 101 cm³/mol. The monoisotopic (exact) mass is 321 g/mol. The van der Waals surface area contributed by atoms with Crippen molar-refractivity contribution in [3.8, 4) is 0 Å². The first-order chi connectivity index (χ1) is 11.7. The standard InChI is InChI=1S/C20H24BNO2/c1-2-3-6-13-22-19(15-17-7-4-5-8-20(17)22)14-16-9-11-18(12-10-16)21(23)24/h4-5,7-12,15,23-24H,2-3,6,13-14H2,1H3. The van der Waals surface area contributed by atoms with Crippen LogP contribution in [0, 0.1) is 0 Å². The van der Waals surface area contributed by atoms with E-state index in [0.717, 1.165) is 13.0 Å². The molecule has 24 heavy (non-hydrogen) atoms. The molecule has 1 heterocycles. The molecule has 3 aromatic rings. The van der Waals surface area contributed by atoms with Gasteiger partial charge in [0.15, 0.2) is 0 Å². The normalized spacial score (nSPS) is 11.1. The summed E-state index contributed by atoms with van der Waals surface area (Å²) in [6, 6.07) is 18.3. The van der Waals surface area contributed by atoms with Crippen molar-refractivity contribution in [2.45, 2.75) is 39.2 Å². The van der Waals surface area contributed by atoms with Gasteiger partial charge >= 0.3 is 7.12 Å². The summed E-state index contributed by atoms with van der Waals surface area (Å²) in [5.74, 6) is 0. The molecule has 1 aromatic heterocycles. The van der Waals surface area contributed by atoms with Crippen LogP contribution in [0.25, 0.3) is 10.9 Å². The van der Waals surface area contributed by atoms with Gasteiger partial charge in [-0.15, -0.1) is 0 Å². The molecule has 0 fully saturated rings. The summed E-state index contributed by atoms with van der Waals surface area (Å²) >= 11 is 0. The Hall–Kier alpha value is -2.04. The van der Waals surface area contributed by atoms with E-state index in [1.807, 2.05) is 12.1 Å². The van der Waals surface area contributed by atoms with E-state index in [0.29, 0.717) is 5.46 Å². The van der Waals surface area contributed by atoms with E-state index in [1.54, 1.807) is 12.1 Å². The second kappa shape index (κ2) is 7.69. The Kier molecular flexibility index (Phi) is 5.39. The van der Waals surface area contributed by atoms with Gasteiger partial charge in [0, 0.05) is 24.2 Å². The van der Waals surface area contributed by atoms with Gasteiger partial charge in [-0.25, -0.2) is 0 Å². The first kappa shape index (κ1) is 16.8. The Balaban J connectivity index is 1.88. The molecule has 0 aliphatic rings. The van der Waals surface area contributed by atoms with Gasteiger partial charge < -0.3 is 14.6 Å². The second-order valence-corrected chi connectivity index (χ2v) is 6.35. The van der Waals surface area contributed by atoms with Gasteiger partial charge in [0.05, 0.1) is 0 Å². The zero-order valence-corrected chi connectivity index (χ0v) is 14.2. The summed E-state index contributed by atoms with van der Waals surface area (Å²) in [6.07, 6.45) is 4.51. The maximum atomic E-state index is 9.22. The maximum absolute atomic E-state index is 9.22. The molecular formula is C20H24BNO2. The third-order valence-corrected chi connectivity index (χ3v) is 4.54. The number of hydrogen-bond donors (Lipinski definition) is 2. The third-order valence-electron chi connectivity index (χ3n) is 4.54. The van der Waals surface area contributed by atoms with Crippen LogP contribution in [-0.4, -0.2) is 21.7 Å². The van der Waals surface area contributed by atoms with Crippen molar-refractivity contribution in [1.82, 2.24) is 4.57 Å². The second-order valence-electron chi connectivity index (χ2n) is 6.35. The SMILES string of the molecule is CCCCCn1c(Cc2ccc(B(O)O)cc2)cc2ccccc21. The smallest absolute Gasteiger partial charge is 0.423 e. The first-order valence-corrected chi connectivity index (χ1v) is 8.71. The molecule has 0 aliphatic heterocycles. The molecule has 0 spiro atoms. The van der Waals surface area contributed by atoms with Crippen LogP contribution in [-0.2, 0) is 13.0 Å². The minimum atomic E-state index is -1.40. The largest absolute Gasteiger partial charge is 0.488 e. The molecule has 0 bridgehead atoms. The number of nitrogens with zero attached hydrogens (tertiary/aromatic N) is 1. The molecule has 0 radical (unpaired) electrons. The molecule has 2 aromatic carbocycles. The van der Waals surface area contributed by atoms with E-state index in [-0.39, 0.29) is 0 Å². The average Bonchev–Trinajstić information content (AvgIpc) is 2.93. The van der Waals surface area contributed by atoms with E-state index in [2.05, 4.69) is 41.8 Å². The molecule has 0 atom stereocenters. The molecule has 2 N–H and O–H groups in total. The predicted octanol–water partition coefficient (Wildman–Crippen LogP) is 3.10. The lowest BCUT2D eigenvalue weighted by Crippen LogP contribution is -2.29. The minimum absolute atomic E-state index is 0.530. The van der Waals surface area contributed by atoms with Crippen LogP contribution < -0.4 is 5.46 Å². The highest BCUT2D eigenvalue weighted by Gasteiger charge is 2.12. The van der Waals surface area contributed by atoms with Crippen molar-refractivity contribution >= 4 is 23.5 Å². The molecule has 0 aliphatic carbocycles. The number of aromatic nitrogens is 1. The molecule has 3 rings (SSSR count). The molecule has 0 amide bonds. The van der Waals surface area contributed by atoms with Crippen LogP contribution in [0.3, 0.4) is 0 Å². The first-order valence-electron chi connectivity index (χ1n) is 8.71. The van der Waals surface area contributed by atoms with Gasteiger partial charge in [0.1, 0.15) is 0 Å². The topological polar surface area (TPSA) is 45.4 Å². The van der Waals surface area contributed by atoms with Gasteiger partial charge in [-0.1, -0.05) is 62.2 Å². The van der Waals surface area contributed by atoms with Crippen LogP contribution in [0.5, 0.6) is 0 Å². The summed E-state index contributed by atoms with van der Waals surface area (Å²) in [5, 5.41) is 19.7. The zero-order valence-electron chi connectivity index (χ0n) is 14.2. The number of fused-ring (bicyclic) bond motifs is 1. The fourth-order valence-electron chi connectivity index (χ4n) is 3.21. The minimum Gasteiger partial charge on any atom is -0.423 e. The average molecular weight is 321 g/mol. The number of hydrogen-bond acceptors (Lipinski definition) is 2. The molecule has 124 valence electrons.